The maximum Gasteiger partial charge on any atom is 0.243 e. The smallest absolute Gasteiger partial charge is 0.243 e. The monoisotopic (exact) mass is 532 g/mol. The zero-order valence-electron chi connectivity index (χ0n) is 16.3. The van der Waals surface area contributed by atoms with Crippen molar-refractivity contribution in [1.29, 1.82) is 0 Å². The molecule has 1 amide bonds. The summed E-state index contributed by atoms with van der Waals surface area (Å²) in [6.45, 7) is -0.319. The normalized spacial score (nSPS) is 15.3. The quantitative estimate of drug-likeness (QED) is 0.518. The van der Waals surface area contributed by atoms with Crippen LogP contribution in [0.3, 0.4) is 0 Å². The number of benzene rings is 2. The highest BCUT2D eigenvalue weighted by Crippen LogP contribution is 2.26. The van der Waals surface area contributed by atoms with Crippen LogP contribution in [-0.2, 0) is 21.4 Å². The molecule has 0 heterocycles. The van der Waals surface area contributed by atoms with E-state index < -0.39 is 10.0 Å². The van der Waals surface area contributed by atoms with Crippen LogP contribution < -0.4 is 5.32 Å². The molecular formula is C21H23BrCl2N2O3S. The molecule has 5 nitrogen and oxygen atoms in total. The molecule has 162 valence electrons. The van der Waals surface area contributed by atoms with Crippen molar-refractivity contribution in [2.75, 3.05) is 6.54 Å². The second-order valence-electron chi connectivity index (χ2n) is 7.37. The van der Waals surface area contributed by atoms with Gasteiger partial charge in [-0.15, -0.1) is 0 Å². The molecule has 1 aliphatic carbocycles. The zero-order chi connectivity index (χ0) is 21.7. The Kier molecular flexibility index (Phi) is 8.21. The van der Waals surface area contributed by atoms with E-state index in [1.54, 1.807) is 30.3 Å². The van der Waals surface area contributed by atoms with Gasteiger partial charge in [-0.05, 0) is 54.8 Å². The average Bonchev–Trinajstić information content (AvgIpc) is 2.70. The topological polar surface area (TPSA) is 66.5 Å². The lowest BCUT2D eigenvalue weighted by Crippen LogP contribution is -2.44. The minimum atomic E-state index is -3.92. The van der Waals surface area contributed by atoms with Crippen molar-refractivity contribution >= 4 is 55.1 Å². The second kappa shape index (κ2) is 10.5. The maximum atomic E-state index is 13.3. The van der Waals surface area contributed by atoms with Crippen LogP contribution in [0.1, 0.15) is 37.7 Å². The second-order valence-corrected chi connectivity index (χ2v) is 11.1. The molecular weight excluding hydrogens is 511 g/mol. The molecule has 9 heteroatoms. The van der Waals surface area contributed by atoms with Crippen LogP contribution in [0.4, 0.5) is 0 Å². The fraction of sp³-hybridized carbons (Fsp3) is 0.381. The molecule has 30 heavy (non-hydrogen) atoms. The van der Waals surface area contributed by atoms with Crippen LogP contribution in [0.5, 0.6) is 0 Å². The van der Waals surface area contributed by atoms with E-state index in [0.29, 0.717) is 15.6 Å². The first-order valence-electron chi connectivity index (χ1n) is 9.75. The number of sulfonamides is 1. The summed E-state index contributed by atoms with van der Waals surface area (Å²) in [4.78, 5) is 12.8. The number of amides is 1. The van der Waals surface area contributed by atoms with E-state index in [2.05, 4.69) is 21.2 Å². The molecule has 0 bridgehead atoms. The molecule has 0 aromatic heterocycles. The van der Waals surface area contributed by atoms with E-state index >= 15 is 0 Å². The lowest BCUT2D eigenvalue weighted by atomic mass is 9.95. The van der Waals surface area contributed by atoms with Gasteiger partial charge in [-0.3, -0.25) is 4.79 Å². The van der Waals surface area contributed by atoms with Gasteiger partial charge in [0.15, 0.2) is 0 Å². The average molecular weight is 534 g/mol. The molecule has 0 unspecified atom stereocenters. The molecule has 2 aromatic carbocycles. The largest absolute Gasteiger partial charge is 0.352 e. The van der Waals surface area contributed by atoms with Crippen molar-refractivity contribution in [3.63, 3.8) is 0 Å². The van der Waals surface area contributed by atoms with E-state index in [0.717, 1.165) is 34.5 Å². The van der Waals surface area contributed by atoms with E-state index in [1.165, 1.54) is 18.6 Å². The molecule has 0 spiro atoms. The molecule has 3 rings (SSSR count). The Hall–Kier alpha value is -1.12. The summed E-state index contributed by atoms with van der Waals surface area (Å²) in [6, 6.07) is 11.3. The number of nitrogens with zero attached hydrogens (tertiary/aromatic N) is 1. The van der Waals surface area contributed by atoms with Gasteiger partial charge in [0.1, 0.15) is 0 Å². The van der Waals surface area contributed by atoms with Crippen molar-refractivity contribution in [3.8, 4) is 0 Å². The Morgan fingerprint density at radius 2 is 1.73 bits per heavy atom. The summed E-state index contributed by atoms with van der Waals surface area (Å²) in [5.74, 6) is -0.312. The summed E-state index contributed by atoms with van der Waals surface area (Å²) >= 11 is 15.5. The molecule has 1 aliphatic rings. The molecule has 2 aromatic rings. The molecule has 0 radical (unpaired) electrons. The first-order valence-corrected chi connectivity index (χ1v) is 12.7. The van der Waals surface area contributed by atoms with Crippen LogP contribution in [-0.4, -0.2) is 31.2 Å². The van der Waals surface area contributed by atoms with Gasteiger partial charge in [0.25, 0.3) is 0 Å². The third-order valence-electron chi connectivity index (χ3n) is 5.10. The third kappa shape index (κ3) is 6.20. The number of carbonyl (C=O) groups is 1. The van der Waals surface area contributed by atoms with Gasteiger partial charge in [-0.2, -0.15) is 4.31 Å². The molecule has 1 fully saturated rings. The molecule has 0 atom stereocenters. The maximum absolute atomic E-state index is 13.3. The summed E-state index contributed by atoms with van der Waals surface area (Å²) in [5.41, 5.74) is 0.576. The minimum absolute atomic E-state index is 0.0352. The standard InChI is InChI=1S/C21H23BrCl2N2O3S/c22-16-7-10-19(11-8-16)30(28,29)26(13-15-6-9-17(23)12-20(15)24)14-21(27)25-18-4-2-1-3-5-18/h6-12,18H,1-5,13-14H2,(H,25,27). The first-order chi connectivity index (χ1) is 14.3. The summed E-state index contributed by atoms with van der Waals surface area (Å²) in [7, 11) is -3.92. The number of hydrogen-bond acceptors (Lipinski definition) is 3. The van der Waals surface area contributed by atoms with Gasteiger partial charge in [0, 0.05) is 27.1 Å². The Labute approximate surface area is 195 Å². The highest BCUT2D eigenvalue weighted by molar-refractivity contribution is 9.10. The summed E-state index contributed by atoms with van der Waals surface area (Å²) in [6.07, 6.45) is 5.17. The number of nitrogens with one attached hydrogen (secondary N) is 1. The highest BCUT2D eigenvalue weighted by atomic mass is 79.9. The van der Waals surface area contributed by atoms with Crippen LogP contribution >= 0.6 is 39.1 Å². The number of carbonyl (C=O) groups excluding carboxylic acids is 1. The Morgan fingerprint density at radius 3 is 2.37 bits per heavy atom. The molecule has 1 N–H and O–H groups in total. The van der Waals surface area contributed by atoms with Crippen molar-refractivity contribution in [1.82, 2.24) is 9.62 Å². The van der Waals surface area contributed by atoms with Crippen LogP contribution in [0.25, 0.3) is 0 Å². The minimum Gasteiger partial charge on any atom is -0.352 e. The number of rotatable bonds is 7. The molecule has 0 aliphatic heterocycles. The van der Waals surface area contributed by atoms with Crippen molar-refractivity contribution < 1.29 is 13.2 Å². The van der Waals surface area contributed by atoms with E-state index in [-0.39, 0.29) is 29.9 Å². The number of hydrogen-bond donors (Lipinski definition) is 1. The SMILES string of the molecule is O=C(CN(Cc1ccc(Cl)cc1Cl)S(=O)(=O)c1ccc(Br)cc1)NC1CCCCC1. The van der Waals surface area contributed by atoms with Crippen molar-refractivity contribution in [2.45, 2.75) is 49.6 Å². The Morgan fingerprint density at radius 1 is 1.07 bits per heavy atom. The van der Waals surface area contributed by atoms with Gasteiger partial charge < -0.3 is 5.32 Å². The molecule has 0 saturated heterocycles. The Balaban J connectivity index is 1.85. The number of halogens is 3. The predicted molar refractivity (Wildman–Crippen MR) is 123 cm³/mol. The van der Waals surface area contributed by atoms with E-state index in [1.807, 2.05) is 0 Å². The van der Waals surface area contributed by atoms with Gasteiger partial charge in [0.2, 0.25) is 15.9 Å². The lowest BCUT2D eigenvalue weighted by molar-refractivity contribution is -0.122. The van der Waals surface area contributed by atoms with Crippen LogP contribution in [0.15, 0.2) is 51.8 Å². The first kappa shape index (κ1) is 23.5. The highest BCUT2D eigenvalue weighted by Gasteiger charge is 2.28. The lowest BCUT2D eigenvalue weighted by Gasteiger charge is -2.26. The van der Waals surface area contributed by atoms with Crippen molar-refractivity contribution in [2.24, 2.45) is 0 Å². The Bertz CT molecular complexity index is 994. The van der Waals surface area contributed by atoms with E-state index in [4.69, 9.17) is 23.2 Å². The molecule has 1 saturated carbocycles. The van der Waals surface area contributed by atoms with E-state index in [9.17, 15) is 13.2 Å². The third-order valence-corrected chi connectivity index (χ3v) is 8.02. The van der Waals surface area contributed by atoms with Gasteiger partial charge in [-0.25, -0.2) is 8.42 Å². The van der Waals surface area contributed by atoms with Crippen LogP contribution in [0, 0.1) is 0 Å². The summed E-state index contributed by atoms with van der Waals surface area (Å²) < 4.78 is 28.6. The van der Waals surface area contributed by atoms with Gasteiger partial charge >= 0.3 is 0 Å². The summed E-state index contributed by atoms with van der Waals surface area (Å²) in [5, 5.41) is 3.80. The fourth-order valence-corrected chi connectivity index (χ4v) is 5.61. The van der Waals surface area contributed by atoms with Gasteiger partial charge in [0.05, 0.1) is 11.4 Å². The predicted octanol–water partition coefficient (Wildman–Crippen LogP) is 5.40. The van der Waals surface area contributed by atoms with Crippen LogP contribution in [0.2, 0.25) is 10.0 Å². The van der Waals surface area contributed by atoms with Crippen molar-refractivity contribution in [3.05, 3.63) is 62.5 Å². The zero-order valence-corrected chi connectivity index (χ0v) is 20.2. The van der Waals surface area contributed by atoms with Gasteiger partial charge in [-0.1, -0.05) is 64.5 Å². The fourth-order valence-electron chi connectivity index (χ4n) is 3.50.